The van der Waals surface area contributed by atoms with E-state index in [2.05, 4.69) is 24.5 Å². The maximum Gasteiger partial charge on any atom is -0.000609 e. The van der Waals surface area contributed by atoms with Crippen molar-refractivity contribution in [1.82, 2.24) is 5.32 Å². The molecule has 2 heteroatoms. The van der Waals surface area contributed by atoms with E-state index >= 15 is 0 Å². The molecule has 0 radical (unpaired) electrons. The average molecular weight is 131 g/mol. The van der Waals surface area contributed by atoms with Crippen molar-refractivity contribution in [3.63, 3.8) is 0 Å². The van der Waals surface area contributed by atoms with E-state index in [9.17, 15) is 0 Å². The molecule has 0 spiro atoms. The summed E-state index contributed by atoms with van der Waals surface area (Å²) in [7, 11) is 0. The minimum absolute atomic E-state index is 1.01. The molecule has 0 aliphatic carbocycles. The molecule has 0 saturated heterocycles. The third-order valence-electron chi connectivity index (χ3n) is 0.866. The fourth-order valence-corrected chi connectivity index (χ4v) is 0.581. The first-order valence-electron chi connectivity index (χ1n) is 3.06. The minimum Gasteiger partial charge on any atom is -0.316 e. The Morgan fingerprint density at radius 1 is 1.50 bits per heavy atom. The zero-order valence-corrected chi connectivity index (χ0v) is 6.13. The Balaban J connectivity index is 2.62. The zero-order chi connectivity index (χ0) is 6.24. The van der Waals surface area contributed by atoms with Crippen molar-refractivity contribution in [3.8, 4) is 0 Å². The Hall–Kier alpha value is 0.0500. The molecule has 0 aromatic carbocycles. The van der Waals surface area contributed by atoms with Gasteiger partial charge in [0.1, 0.15) is 0 Å². The summed E-state index contributed by atoms with van der Waals surface area (Å²) in [5, 5.41) is 5.00. The largest absolute Gasteiger partial charge is 0.316 e. The molecule has 1 nitrogen and oxygen atoms in total. The molecule has 0 aromatic heterocycles. The second-order valence-corrected chi connectivity index (χ2v) is 2.04. The fraction of sp³-hybridized carbons (Fsp3) is 0.833. The highest BCUT2D eigenvalue weighted by Gasteiger charge is 1.79. The molecular weight excluding hydrogens is 118 g/mol. The zero-order valence-electron chi connectivity index (χ0n) is 5.31. The van der Waals surface area contributed by atoms with Crippen LogP contribution in [0.15, 0.2) is 0 Å². The average Bonchev–Trinajstić information content (AvgIpc) is 1.81. The normalized spacial score (nSPS) is 9.12. The molecule has 0 aromatic rings. The van der Waals surface area contributed by atoms with E-state index < -0.39 is 0 Å². The number of thiocarbonyl (C=S) groups is 1. The summed E-state index contributed by atoms with van der Waals surface area (Å²) in [4.78, 5) is 0. The lowest BCUT2D eigenvalue weighted by Crippen LogP contribution is -2.15. The van der Waals surface area contributed by atoms with E-state index in [1.54, 1.807) is 5.37 Å². The summed E-state index contributed by atoms with van der Waals surface area (Å²) in [6.07, 6.45) is 2.22. The van der Waals surface area contributed by atoms with Crippen molar-refractivity contribution in [2.24, 2.45) is 0 Å². The number of rotatable bonds is 5. The van der Waals surface area contributed by atoms with Gasteiger partial charge >= 0.3 is 0 Å². The van der Waals surface area contributed by atoms with Crippen LogP contribution in [0.2, 0.25) is 0 Å². The SMILES string of the molecule is CCCNCCC=S. The molecule has 0 unspecified atom stereocenters. The Kier molecular flexibility index (Phi) is 7.09. The molecule has 0 aliphatic rings. The number of hydrogen-bond donors (Lipinski definition) is 1. The van der Waals surface area contributed by atoms with Crippen molar-refractivity contribution < 1.29 is 0 Å². The predicted octanol–water partition coefficient (Wildman–Crippen LogP) is 1.38. The van der Waals surface area contributed by atoms with Crippen LogP contribution >= 0.6 is 12.2 Å². The fourth-order valence-electron chi connectivity index (χ4n) is 0.463. The molecular formula is C6H13NS. The number of nitrogens with one attached hydrogen (secondary N) is 1. The van der Waals surface area contributed by atoms with Crippen molar-refractivity contribution in [2.45, 2.75) is 19.8 Å². The van der Waals surface area contributed by atoms with Gasteiger partial charge in [-0.25, -0.2) is 0 Å². The molecule has 1 N–H and O–H groups in total. The summed E-state index contributed by atoms with van der Waals surface area (Å²) in [5.41, 5.74) is 0. The van der Waals surface area contributed by atoms with Crippen molar-refractivity contribution in [2.75, 3.05) is 13.1 Å². The van der Waals surface area contributed by atoms with Gasteiger partial charge in [-0.2, -0.15) is 0 Å². The lowest BCUT2D eigenvalue weighted by molar-refractivity contribution is 0.689. The predicted molar refractivity (Wildman–Crippen MR) is 41.4 cm³/mol. The van der Waals surface area contributed by atoms with Crippen LogP contribution in [0.3, 0.4) is 0 Å². The van der Waals surface area contributed by atoms with Crippen LogP contribution in [0.25, 0.3) is 0 Å². The Labute approximate surface area is 56.5 Å². The smallest absolute Gasteiger partial charge is 0.000609 e. The van der Waals surface area contributed by atoms with Gasteiger partial charge in [0, 0.05) is 0 Å². The van der Waals surface area contributed by atoms with Gasteiger partial charge in [-0.1, -0.05) is 19.1 Å². The molecule has 0 aliphatic heterocycles. The van der Waals surface area contributed by atoms with Crippen LogP contribution in [0, 0.1) is 0 Å². The summed E-state index contributed by atoms with van der Waals surface area (Å²) < 4.78 is 0. The number of hydrogen-bond acceptors (Lipinski definition) is 2. The second kappa shape index (κ2) is 7.05. The molecule has 0 heterocycles. The van der Waals surface area contributed by atoms with Crippen LogP contribution in [0.4, 0.5) is 0 Å². The van der Waals surface area contributed by atoms with E-state index in [-0.39, 0.29) is 0 Å². The topological polar surface area (TPSA) is 12.0 Å². The maximum absolute atomic E-state index is 4.64. The summed E-state index contributed by atoms with van der Waals surface area (Å²) in [6.45, 7) is 4.31. The van der Waals surface area contributed by atoms with Crippen LogP contribution in [0.1, 0.15) is 19.8 Å². The van der Waals surface area contributed by atoms with Crippen LogP contribution in [-0.4, -0.2) is 18.5 Å². The van der Waals surface area contributed by atoms with Gasteiger partial charge in [-0.15, -0.1) is 0 Å². The Morgan fingerprint density at radius 2 is 2.25 bits per heavy atom. The van der Waals surface area contributed by atoms with Crippen LogP contribution in [0.5, 0.6) is 0 Å². The van der Waals surface area contributed by atoms with Gasteiger partial charge in [0.2, 0.25) is 0 Å². The van der Waals surface area contributed by atoms with Gasteiger partial charge in [0.25, 0.3) is 0 Å². The summed E-state index contributed by atoms with van der Waals surface area (Å²) >= 11 is 4.64. The molecule has 48 valence electrons. The summed E-state index contributed by atoms with van der Waals surface area (Å²) in [5.74, 6) is 0. The maximum atomic E-state index is 4.64. The molecule has 0 saturated carbocycles. The Bertz CT molecular complexity index is 54.5. The lowest BCUT2D eigenvalue weighted by atomic mass is 10.4. The second-order valence-electron chi connectivity index (χ2n) is 1.71. The quantitative estimate of drug-likeness (QED) is 0.447. The first-order chi connectivity index (χ1) is 3.91. The van der Waals surface area contributed by atoms with E-state index in [0.717, 1.165) is 19.5 Å². The summed E-state index contributed by atoms with van der Waals surface area (Å²) in [6, 6.07) is 0. The molecule has 0 bridgehead atoms. The highest BCUT2D eigenvalue weighted by Crippen LogP contribution is 1.72. The van der Waals surface area contributed by atoms with Crippen molar-refractivity contribution in [3.05, 3.63) is 0 Å². The van der Waals surface area contributed by atoms with Crippen molar-refractivity contribution in [1.29, 1.82) is 0 Å². The van der Waals surface area contributed by atoms with E-state index in [1.165, 1.54) is 6.42 Å². The highest BCUT2D eigenvalue weighted by atomic mass is 32.1. The Morgan fingerprint density at radius 3 is 2.75 bits per heavy atom. The molecule has 8 heavy (non-hydrogen) atoms. The third-order valence-corrected chi connectivity index (χ3v) is 1.10. The molecule has 0 fully saturated rings. The van der Waals surface area contributed by atoms with E-state index in [4.69, 9.17) is 0 Å². The van der Waals surface area contributed by atoms with Gasteiger partial charge in [-0.05, 0) is 31.3 Å². The van der Waals surface area contributed by atoms with Crippen molar-refractivity contribution >= 4 is 17.6 Å². The lowest BCUT2D eigenvalue weighted by Gasteiger charge is -1.96. The minimum atomic E-state index is 1.01. The standard InChI is InChI=1S/C6H13NS/c1-2-4-7-5-3-6-8/h6-7H,2-5H2,1H3. The third kappa shape index (κ3) is 6.05. The van der Waals surface area contributed by atoms with Gasteiger partial charge in [0.15, 0.2) is 0 Å². The van der Waals surface area contributed by atoms with Gasteiger partial charge in [-0.3, -0.25) is 0 Å². The van der Waals surface area contributed by atoms with Gasteiger partial charge < -0.3 is 5.32 Å². The van der Waals surface area contributed by atoms with Gasteiger partial charge in [0.05, 0.1) is 0 Å². The monoisotopic (exact) mass is 131 g/mol. The molecule has 0 rings (SSSR count). The molecule has 0 amide bonds. The van der Waals surface area contributed by atoms with Crippen LogP contribution in [-0.2, 0) is 0 Å². The van der Waals surface area contributed by atoms with E-state index in [1.807, 2.05) is 0 Å². The highest BCUT2D eigenvalue weighted by molar-refractivity contribution is 7.78. The van der Waals surface area contributed by atoms with Crippen LogP contribution < -0.4 is 5.32 Å². The first-order valence-corrected chi connectivity index (χ1v) is 3.53. The molecule has 0 atom stereocenters. The first kappa shape index (κ1) is 8.05. The van der Waals surface area contributed by atoms with E-state index in [0.29, 0.717) is 0 Å².